The second-order valence-corrected chi connectivity index (χ2v) is 4.48. The first-order chi connectivity index (χ1) is 7.29. The molecule has 4 nitrogen and oxygen atoms in total. The van der Waals surface area contributed by atoms with Gasteiger partial charge in [0.2, 0.25) is 0 Å². The molecule has 1 aromatic rings. The lowest BCUT2D eigenvalue weighted by molar-refractivity contribution is 0.180. The molecule has 0 saturated carbocycles. The monoisotopic (exact) mass is 228 g/mol. The zero-order valence-electron chi connectivity index (χ0n) is 9.06. The van der Waals surface area contributed by atoms with E-state index in [0.29, 0.717) is 5.92 Å². The van der Waals surface area contributed by atoms with Crippen LogP contribution in [0.4, 0.5) is 0 Å². The third-order valence-electron chi connectivity index (χ3n) is 3.10. The van der Waals surface area contributed by atoms with Crippen LogP contribution in [0, 0.1) is 5.92 Å². The van der Waals surface area contributed by atoms with Crippen molar-refractivity contribution >= 4 is 11.6 Å². The molecule has 1 fully saturated rings. The van der Waals surface area contributed by atoms with Crippen molar-refractivity contribution in [2.45, 2.75) is 19.4 Å². The molecule has 0 bridgehead atoms. The van der Waals surface area contributed by atoms with Gasteiger partial charge in [0.15, 0.2) is 0 Å². The van der Waals surface area contributed by atoms with Gasteiger partial charge in [0.05, 0.1) is 6.54 Å². The van der Waals surface area contributed by atoms with Crippen LogP contribution in [0.1, 0.15) is 18.7 Å². The van der Waals surface area contributed by atoms with Gasteiger partial charge in [-0.2, -0.15) is 5.10 Å². The fraction of sp³-hybridized carbons (Fsp3) is 0.800. The van der Waals surface area contributed by atoms with E-state index in [2.05, 4.69) is 15.0 Å². The van der Waals surface area contributed by atoms with E-state index >= 15 is 0 Å². The van der Waals surface area contributed by atoms with Gasteiger partial charge < -0.3 is 0 Å². The summed E-state index contributed by atoms with van der Waals surface area (Å²) in [6.07, 6.45) is 4.03. The highest BCUT2D eigenvalue weighted by atomic mass is 35.5. The maximum Gasteiger partial charge on any atom is 0.140 e. The molecule has 0 aromatic carbocycles. The van der Waals surface area contributed by atoms with Crippen LogP contribution in [0.15, 0.2) is 6.33 Å². The molecular weight excluding hydrogens is 212 g/mol. The first-order valence-electron chi connectivity index (χ1n) is 5.41. The highest BCUT2D eigenvalue weighted by molar-refractivity contribution is 6.18. The summed E-state index contributed by atoms with van der Waals surface area (Å²) in [6, 6.07) is 0. The number of hydrogen-bond acceptors (Lipinski definition) is 3. The molecule has 0 N–H and O–H groups in total. The quantitative estimate of drug-likeness (QED) is 0.731. The van der Waals surface area contributed by atoms with Crippen LogP contribution in [-0.2, 0) is 13.6 Å². The summed E-state index contributed by atoms with van der Waals surface area (Å²) in [6.45, 7) is 3.17. The smallest absolute Gasteiger partial charge is 0.140 e. The third kappa shape index (κ3) is 2.69. The Balaban J connectivity index is 1.85. The molecule has 0 amide bonds. The van der Waals surface area contributed by atoms with Crippen molar-refractivity contribution in [3.8, 4) is 0 Å². The Hall–Kier alpha value is -0.610. The molecule has 0 atom stereocenters. The molecule has 1 aromatic heterocycles. The van der Waals surface area contributed by atoms with Crippen LogP contribution >= 0.6 is 11.6 Å². The van der Waals surface area contributed by atoms with Crippen LogP contribution < -0.4 is 0 Å². The highest BCUT2D eigenvalue weighted by Crippen LogP contribution is 2.19. The van der Waals surface area contributed by atoms with E-state index in [-0.39, 0.29) is 0 Å². The Morgan fingerprint density at radius 1 is 1.47 bits per heavy atom. The number of rotatable bonds is 3. The van der Waals surface area contributed by atoms with Crippen molar-refractivity contribution < 1.29 is 0 Å². The summed E-state index contributed by atoms with van der Waals surface area (Å²) in [5, 5.41) is 4.07. The summed E-state index contributed by atoms with van der Waals surface area (Å²) in [4.78, 5) is 6.66. The van der Waals surface area contributed by atoms with E-state index in [1.54, 1.807) is 6.33 Å². The number of alkyl halides is 1. The topological polar surface area (TPSA) is 34.0 Å². The van der Waals surface area contributed by atoms with Crippen molar-refractivity contribution in [3.05, 3.63) is 12.2 Å². The summed E-state index contributed by atoms with van der Waals surface area (Å²) in [5.74, 6) is 2.55. The van der Waals surface area contributed by atoms with Gasteiger partial charge in [-0.3, -0.25) is 9.58 Å². The van der Waals surface area contributed by atoms with E-state index in [1.165, 1.54) is 12.8 Å². The van der Waals surface area contributed by atoms with Gasteiger partial charge in [0.1, 0.15) is 12.2 Å². The van der Waals surface area contributed by atoms with Crippen molar-refractivity contribution in [1.29, 1.82) is 0 Å². The number of halogens is 1. The first-order valence-corrected chi connectivity index (χ1v) is 5.94. The molecule has 1 aliphatic heterocycles. The van der Waals surface area contributed by atoms with Crippen LogP contribution in [0.5, 0.6) is 0 Å². The van der Waals surface area contributed by atoms with E-state index in [4.69, 9.17) is 11.6 Å². The van der Waals surface area contributed by atoms with Crippen molar-refractivity contribution in [3.63, 3.8) is 0 Å². The van der Waals surface area contributed by atoms with Crippen molar-refractivity contribution in [2.75, 3.05) is 19.0 Å². The SMILES string of the molecule is Cn1ncnc1CN1CCC(CCl)CC1. The molecule has 1 aliphatic rings. The normalized spacial score (nSPS) is 19.6. The first kappa shape index (κ1) is 10.9. The minimum atomic E-state index is 0.711. The third-order valence-corrected chi connectivity index (χ3v) is 3.53. The van der Waals surface area contributed by atoms with Crippen molar-refractivity contribution in [1.82, 2.24) is 19.7 Å². The summed E-state index contributed by atoms with van der Waals surface area (Å²) < 4.78 is 1.84. The summed E-state index contributed by atoms with van der Waals surface area (Å²) >= 11 is 5.85. The van der Waals surface area contributed by atoms with Crippen LogP contribution in [-0.4, -0.2) is 38.6 Å². The van der Waals surface area contributed by atoms with E-state index < -0.39 is 0 Å². The maximum absolute atomic E-state index is 5.85. The van der Waals surface area contributed by atoms with Gasteiger partial charge in [-0.15, -0.1) is 11.6 Å². The zero-order chi connectivity index (χ0) is 10.7. The van der Waals surface area contributed by atoms with Gasteiger partial charge >= 0.3 is 0 Å². The van der Waals surface area contributed by atoms with Crippen LogP contribution in [0.2, 0.25) is 0 Å². The largest absolute Gasteiger partial charge is 0.296 e. The Bertz CT molecular complexity index is 304. The number of likely N-dealkylation sites (tertiary alicyclic amines) is 1. The standard InChI is InChI=1S/C10H17ClN4/c1-14-10(12-8-13-14)7-15-4-2-9(6-11)3-5-15/h8-9H,2-7H2,1H3. The number of hydrogen-bond donors (Lipinski definition) is 0. The average molecular weight is 229 g/mol. The number of aromatic nitrogens is 3. The molecule has 0 aliphatic carbocycles. The molecular formula is C10H17ClN4. The van der Waals surface area contributed by atoms with Gasteiger partial charge in [-0.05, 0) is 31.8 Å². The average Bonchev–Trinajstić information content (AvgIpc) is 2.66. The lowest BCUT2D eigenvalue weighted by Crippen LogP contribution is -2.34. The second kappa shape index (κ2) is 4.94. The lowest BCUT2D eigenvalue weighted by atomic mass is 9.99. The van der Waals surface area contributed by atoms with E-state index in [1.807, 2.05) is 11.7 Å². The van der Waals surface area contributed by atoms with E-state index in [9.17, 15) is 0 Å². The summed E-state index contributed by atoms with van der Waals surface area (Å²) in [7, 11) is 1.94. The Kier molecular flexibility index (Phi) is 3.59. The van der Waals surface area contributed by atoms with Gasteiger partial charge in [0, 0.05) is 12.9 Å². The van der Waals surface area contributed by atoms with Gasteiger partial charge in [0.25, 0.3) is 0 Å². The van der Waals surface area contributed by atoms with Crippen LogP contribution in [0.3, 0.4) is 0 Å². The van der Waals surface area contributed by atoms with Crippen LogP contribution in [0.25, 0.3) is 0 Å². The Labute approximate surface area is 95.2 Å². The summed E-state index contributed by atoms with van der Waals surface area (Å²) in [5.41, 5.74) is 0. The van der Waals surface area contributed by atoms with Crippen molar-refractivity contribution in [2.24, 2.45) is 13.0 Å². The molecule has 1 saturated heterocycles. The number of piperidine rings is 1. The molecule has 0 radical (unpaired) electrons. The fourth-order valence-electron chi connectivity index (χ4n) is 1.96. The number of aryl methyl sites for hydroxylation is 1. The number of nitrogens with zero attached hydrogens (tertiary/aromatic N) is 4. The molecule has 0 unspecified atom stereocenters. The van der Waals surface area contributed by atoms with Gasteiger partial charge in [-0.25, -0.2) is 4.98 Å². The molecule has 0 spiro atoms. The molecule has 2 heterocycles. The zero-order valence-corrected chi connectivity index (χ0v) is 9.82. The Morgan fingerprint density at radius 2 is 2.20 bits per heavy atom. The van der Waals surface area contributed by atoms with E-state index in [0.717, 1.165) is 31.3 Å². The second-order valence-electron chi connectivity index (χ2n) is 4.17. The van der Waals surface area contributed by atoms with Gasteiger partial charge in [-0.1, -0.05) is 0 Å². The Morgan fingerprint density at radius 3 is 2.73 bits per heavy atom. The maximum atomic E-state index is 5.85. The fourth-order valence-corrected chi connectivity index (χ4v) is 2.27. The molecule has 5 heteroatoms. The molecule has 2 rings (SSSR count). The predicted molar refractivity (Wildman–Crippen MR) is 59.7 cm³/mol. The lowest BCUT2D eigenvalue weighted by Gasteiger charge is -2.30. The molecule has 15 heavy (non-hydrogen) atoms. The highest BCUT2D eigenvalue weighted by Gasteiger charge is 2.19. The predicted octanol–water partition coefficient (Wildman–Crippen LogP) is 1.27. The minimum absolute atomic E-state index is 0.711. The minimum Gasteiger partial charge on any atom is -0.296 e. The molecule has 84 valence electrons.